The van der Waals surface area contributed by atoms with Crippen molar-refractivity contribution < 1.29 is 23.2 Å². The highest BCUT2D eigenvalue weighted by molar-refractivity contribution is 5.95. The van der Waals surface area contributed by atoms with Gasteiger partial charge in [0.1, 0.15) is 17.9 Å². The van der Waals surface area contributed by atoms with Gasteiger partial charge in [0.2, 0.25) is 11.9 Å². The SMILES string of the molecule is CCN1CCN(CCCn2cnc3c(N4CCN(C(=O)c5ccccc5)CC4)nc(NCc4ccc(C)cc4)nc32)CC1.CCN1CCN(CCCn2cnc3c(N4CCN(C(=O)c5ccccc5)CC4)nc(NCc4ccc(F)cc4)nc32)CC1.O=Cc1ccc(F)cc1. The van der Waals surface area contributed by atoms with Gasteiger partial charge in [-0.2, -0.15) is 19.9 Å². The summed E-state index contributed by atoms with van der Waals surface area (Å²) >= 11 is 0. The Kier molecular flexibility index (Phi) is 23.5. The van der Waals surface area contributed by atoms with Crippen molar-refractivity contribution in [3.8, 4) is 0 Å². The highest BCUT2D eigenvalue weighted by Crippen LogP contribution is 2.29. The summed E-state index contributed by atoms with van der Waals surface area (Å²) in [6.07, 6.45) is 6.52. The van der Waals surface area contributed by atoms with Gasteiger partial charge in [-0.1, -0.05) is 92.2 Å². The van der Waals surface area contributed by atoms with Crippen LogP contribution in [0.2, 0.25) is 0 Å². The van der Waals surface area contributed by atoms with Crippen LogP contribution in [0.25, 0.3) is 22.3 Å². The van der Waals surface area contributed by atoms with Crippen molar-refractivity contribution in [2.24, 2.45) is 0 Å². The van der Waals surface area contributed by atoms with E-state index in [1.54, 1.807) is 12.1 Å². The third kappa shape index (κ3) is 18.1. The zero-order valence-corrected chi connectivity index (χ0v) is 55.0. The lowest BCUT2D eigenvalue weighted by molar-refractivity contribution is 0.0739. The average Bonchev–Trinajstić information content (AvgIpc) is 1.73. The lowest BCUT2D eigenvalue weighted by atomic mass is 10.1. The summed E-state index contributed by atoms with van der Waals surface area (Å²) in [7, 11) is 0. The van der Waals surface area contributed by atoms with Crippen LogP contribution >= 0.6 is 0 Å². The number of aldehydes is 1. The number of benzene rings is 5. The molecule has 2 N–H and O–H groups in total. The Morgan fingerprint density at radius 3 is 1.22 bits per heavy atom. The fraction of sp³-hybridized carbons (Fsp3) is 0.403. The second-order valence-electron chi connectivity index (χ2n) is 24.5. The van der Waals surface area contributed by atoms with Crippen LogP contribution in [0.4, 0.5) is 32.3 Å². The van der Waals surface area contributed by atoms with Crippen LogP contribution < -0.4 is 20.4 Å². The maximum absolute atomic E-state index is 13.4. The van der Waals surface area contributed by atoms with Crippen molar-refractivity contribution in [3.05, 3.63) is 191 Å². The highest BCUT2D eigenvalue weighted by atomic mass is 19.1. The molecule has 23 heteroatoms. The van der Waals surface area contributed by atoms with Crippen molar-refractivity contribution in [2.75, 3.05) is 151 Å². The number of anilines is 4. The van der Waals surface area contributed by atoms with E-state index in [2.05, 4.69) is 94.2 Å². The highest BCUT2D eigenvalue weighted by Gasteiger charge is 2.29. The maximum Gasteiger partial charge on any atom is 0.253 e. The molecule has 21 nitrogen and oxygen atoms in total. The quantitative estimate of drug-likeness (QED) is 0.0648. The predicted molar refractivity (Wildman–Crippen MR) is 370 cm³/mol. The number of likely N-dealkylation sites (N-methyl/N-ethyl adjacent to an activating group) is 2. The standard InChI is InChI=1S/C33H43N9O.C32H40FN9O.C7H5FO/c1-3-38-16-18-39(19-17-38)14-7-15-42-25-35-29-30(36-33(37-31(29)42)34-24-27-12-10-26(2)11-13-27)40-20-22-41(23-21-40)32(43)28-8-5-4-6-9-28;1-2-38-15-17-39(18-16-38)13-6-14-42-24-35-28-29(36-32(37-30(28)42)34-23-25-9-11-27(33)12-10-25)40-19-21-41(22-20-40)31(43)26-7-4-3-5-8-26;8-7-3-1-6(5-9)2-4-7/h4-6,8-13,25H,3,7,14-24H2,1-2H3,(H,34,36,37);3-5,7-12,24H,2,6,13-23H2,1H3,(H,34,36,37);1-5H. The Morgan fingerprint density at radius 2 is 0.832 bits per heavy atom. The molecule has 95 heavy (non-hydrogen) atoms. The van der Waals surface area contributed by atoms with E-state index in [0.717, 1.165) is 150 Å². The molecule has 0 unspecified atom stereocenters. The fourth-order valence-corrected chi connectivity index (χ4v) is 12.4. The average molecular weight is 1290 g/mol. The molecular formula is C72H88F2N18O3. The topological polar surface area (TPSA) is 188 Å². The van der Waals surface area contributed by atoms with Crippen LogP contribution in [0.15, 0.2) is 146 Å². The Bertz CT molecular complexity index is 3650. The molecule has 4 aliphatic rings. The molecule has 0 radical (unpaired) electrons. The summed E-state index contributed by atoms with van der Waals surface area (Å²) in [5.74, 6) is 2.26. The first-order chi connectivity index (χ1) is 46.5. The smallest absolute Gasteiger partial charge is 0.253 e. The van der Waals surface area contributed by atoms with E-state index in [1.165, 1.54) is 47.5 Å². The number of hydrogen-bond acceptors (Lipinski definition) is 17. The molecule has 0 saturated carbocycles. The van der Waals surface area contributed by atoms with Crippen molar-refractivity contribution >= 4 is 64.0 Å². The first kappa shape index (κ1) is 67.1. The fourth-order valence-electron chi connectivity index (χ4n) is 12.4. The summed E-state index contributed by atoms with van der Waals surface area (Å²) in [5, 5.41) is 6.81. The van der Waals surface area contributed by atoms with E-state index >= 15 is 0 Å². The molecule has 13 rings (SSSR count). The predicted octanol–water partition coefficient (Wildman–Crippen LogP) is 8.94. The number of nitrogens with one attached hydrogen (secondary N) is 2. The van der Waals surface area contributed by atoms with E-state index in [0.29, 0.717) is 94.8 Å². The van der Waals surface area contributed by atoms with E-state index in [1.807, 2.05) is 83.1 Å². The lowest BCUT2D eigenvalue weighted by Crippen LogP contribution is -2.49. The number of imidazole rings is 2. The molecule has 0 spiro atoms. The number of aryl methyl sites for hydroxylation is 3. The molecule has 0 atom stereocenters. The van der Waals surface area contributed by atoms with Crippen LogP contribution in [0.5, 0.6) is 0 Å². The number of carbonyl (C=O) groups is 3. The molecule has 2 amide bonds. The summed E-state index contributed by atoms with van der Waals surface area (Å²) in [4.78, 5) is 83.8. The molecule has 4 saturated heterocycles. The molecule has 0 aliphatic carbocycles. The van der Waals surface area contributed by atoms with Gasteiger partial charge >= 0.3 is 0 Å². The second kappa shape index (κ2) is 33.2. The molecule has 0 bridgehead atoms. The number of fused-ring (bicyclic) bond motifs is 2. The Balaban J connectivity index is 0.000000171. The summed E-state index contributed by atoms with van der Waals surface area (Å²) in [6, 6.07) is 39.3. The van der Waals surface area contributed by atoms with Gasteiger partial charge < -0.3 is 59.0 Å². The summed E-state index contributed by atoms with van der Waals surface area (Å²) in [6.45, 7) is 28.0. The maximum atomic E-state index is 13.4. The van der Waals surface area contributed by atoms with E-state index in [9.17, 15) is 23.2 Å². The largest absolute Gasteiger partial charge is 0.351 e. The summed E-state index contributed by atoms with van der Waals surface area (Å²) < 4.78 is 29.8. The zero-order chi connectivity index (χ0) is 65.9. The Morgan fingerprint density at radius 1 is 0.453 bits per heavy atom. The van der Waals surface area contributed by atoms with Crippen LogP contribution in [-0.2, 0) is 26.2 Å². The van der Waals surface area contributed by atoms with Gasteiger partial charge in [-0.25, -0.2) is 18.7 Å². The summed E-state index contributed by atoms with van der Waals surface area (Å²) in [5.41, 5.74) is 8.54. The molecule has 9 aromatic rings. The monoisotopic (exact) mass is 1290 g/mol. The normalized spacial score (nSPS) is 15.9. The van der Waals surface area contributed by atoms with E-state index in [-0.39, 0.29) is 23.4 Å². The van der Waals surface area contributed by atoms with E-state index < -0.39 is 0 Å². The second-order valence-corrected chi connectivity index (χ2v) is 24.5. The zero-order valence-electron chi connectivity index (χ0n) is 55.0. The van der Waals surface area contributed by atoms with Gasteiger partial charge in [-0.15, -0.1) is 0 Å². The third-order valence-corrected chi connectivity index (χ3v) is 18.2. The molecule has 4 fully saturated rings. The Hall–Kier alpha value is -9.29. The number of piperazine rings is 4. The van der Waals surface area contributed by atoms with E-state index in [4.69, 9.17) is 29.9 Å². The van der Waals surface area contributed by atoms with Crippen molar-refractivity contribution in [2.45, 2.75) is 59.8 Å². The number of halogens is 2. The number of amides is 2. The van der Waals surface area contributed by atoms with Gasteiger partial charge in [-0.05, 0) is 118 Å². The first-order valence-corrected chi connectivity index (χ1v) is 33.5. The minimum absolute atomic E-state index is 0.0510. The minimum Gasteiger partial charge on any atom is -0.351 e. The van der Waals surface area contributed by atoms with Gasteiger partial charge in [0.05, 0.1) is 12.7 Å². The van der Waals surface area contributed by atoms with Crippen LogP contribution in [-0.4, -0.2) is 217 Å². The number of rotatable bonds is 21. The molecule has 4 aliphatic heterocycles. The third-order valence-electron chi connectivity index (χ3n) is 18.2. The van der Waals surface area contributed by atoms with Crippen LogP contribution in [0, 0.1) is 18.6 Å². The molecule has 8 heterocycles. The van der Waals surface area contributed by atoms with Crippen molar-refractivity contribution in [3.63, 3.8) is 0 Å². The van der Waals surface area contributed by atoms with Crippen molar-refractivity contribution in [1.82, 2.24) is 68.4 Å². The van der Waals surface area contributed by atoms with Crippen molar-refractivity contribution in [1.29, 1.82) is 0 Å². The molecular weight excluding hydrogens is 1200 g/mol. The van der Waals surface area contributed by atoms with Gasteiger partial charge in [0.25, 0.3) is 11.8 Å². The number of aromatic nitrogens is 8. The van der Waals surface area contributed by atoms with Gasteiger partial charge in [0.15, 0.2) is 34.0 Å². The van der Waals surface area contributed by atoms with Crippen LogP contribution in [0.1, 0.15) is 74.5 Å². The lowest BCUT2D eigenvalue weighted by Gasteiger charge is -2.35. The van der Waals surface area contributed by atoms with Crippen LogP contribution in [0.3, 0.4) is 0 Å². The first-order valence-electron chi connectivity index (χ1n) is 33.5. The number of nitrogens with zero attached hydrogens (tertiary/aromatic N) is 16. The van der Waals surface area contributed by atoms with Gasteiger partial charge in [-0.3, -0.25) is 14.4 Å². The number of carbonyl (C=O) groups excluding carboxylic acids is 3. The molecule has 5 aromatic carbocycles. The Labute approximate surface area is 555 Å². The molecule has 498 valence electrons. The molecule has 4 aromatic heterocycles. The number of hydrogen-bond donors (Lipinski definition) is 2. The van der Waals surface area contributed by atoms with Gasteiger partial charge in [0, 0.05) is 148 Å². The minimum atomic E-state index is -0.319.